The molecule has 8 nitrogen and oxygen atoms in total. The molecular formula is C23H22ClF2N7O. The third kappa shape index (κ3) is 4.76. The second kappa shape index (κ2) is 9.22. The summed E-state index contributed by atoms with van der Waals surface area (Å²) in [7, 11) is 1.81. The van der Waals surface area contributed by atoms with Gasteiger partial charge in [-0.15, -0.1) is 0 Å². The average Bonchev–Trinajstić information content (AvgIpc) is 3.06. The number of nitrogens with one attached hydrogen (secondary N) is 3. The predicted molar refractivity (Wildman–Crippen MR) is 128 cm³/mol. The molecule has 176 valence electrons. The van der Waals surface area contributed by atoms with Gasteiger partial charge in [0, 0.05) is 23.7 Å². The molecule has 0 aliphatic rings. The molecule has 11 heteroatoms. The molecule has 34 heavy (non-hydrogen) atoms. The van der Waals surface area contributed by atoms with Gasteiger partial charge in [-0.05, 0) is 54.8 Å². The number of aromatic nitrogens is 4. The Hall–Kier alpha value is -3.79. The van der Waals surface area contributed by atoms with Crippen LogP contribution in [0.3, 0.4) is 0 Å². The van der Waals surface area contributed by atoms with Crippen LogP contribution in [0.1, 0.15) is 31.0 Å². The molecule has 0 saturated carbocycles. The summed E-state index contributed by atoms with van der Waals surface area (Å²) in [6.45, 7) is 6.08. The van der Waals surface area contributed by atoms with Crippen LogP contribution in [0.5, 0.6) is 0 Å². The Balaban J connectivity index is 1.51. The number of hydrogen-bond acceptors (Lipinski definition) is 5. The number of hydrogen-bond donors (Lipinski definition) is 3. The van der Waals surface area contributed by atoms with Crippen molar-refractivity contribution in [2.75, 3.05) is 10.7 Å². The van der Waals surface area contributed by atoms with Crippen LogP contribution >= 0.6 is 11.6 Å². The van der Waals surface area contributed by atoms with E-state index in [1.165, 1.54) is 18.2 Å². The van der Waals surface area contributed by atoms with Crippen LogP contribution in [-0.4, -0.2) is 25.8 Å². The molecular weight excluding hydrogens is 464 g/mol. The number of amides is 2. The Morgan fingerprint density at radius 1 is 1.09 bits per heavy atom. The van der Waals surface area contributed by atoms with E-state index < -0.39 is 17.7 Å². The topological polar surface area (TPSA) is 96.8 Å². The number of benzene rings is 1. The first-order chi connectivity index (χ1) is 16.1. The van der Waals surface area contributed by atoms with Crippen molar-refractivity contribution in [2.45, 2.75) is 26.7 Å². The number of hydrazine groups is 1. The van der Waals surface area contributed by atoms with Gasteiger partial charge in [-0.2, -0.15) is 5.10 Å². The molecule has 0 unspecified atom stereocenters. The highest BCUT2D eigenvalue weighted by molar-refractivity contribution is 6.29. The van der Waals surface area contributed by atoms with E-state index in [1.807, 2.05) is 20.0 Å². The third-order valence-electron chi connectivity index (χ3n) is 5.19. The summed E-state index contributed by atoms with van der Waals surface area (Å²) in [6.07, 6.45) is 0. The number of pyridine rings is 2. The number of fused-ring (bicyclic) bond motifs is 1. The van der Waals surface area contributed by atoms with Gasteiger partial charge in [0.15, 0.2) is 17.3 Å². The van der Waals surface area contributed by atoms with Gasteiger partial charge in [-0.25, -0.2) is 23.5 Å². The number of aryl methyl sites for hydroxylation is 2. The number of urea groups is 1. The zero-order valence-electron chi connectivity index (χ0n) is 18.9. The van der Waals surface area contributed by atoms with Crippen molar-refractivity contribution in [3.8, 4) is 11.3 Å². The van der Waals surface area contributed by atoms with E-state index in [0.29, 0.717) is 22.7 Å². The van der Waals surface area contributed by atoms with Gasteiger partial charge in [0.25, 0.3) is 0 Å². The molecule has 3 aromatic heterocycles. The molecule has 0 bridgehead atoms. The lowest BCUT2D eigenvalue weighted by Gasteiger charge is -2.14. The van der Waals surface area contributed by atoms with Gasteiger partial charge in [0.1, 0.15) is 11.0 Å². The minimum Gasteiger partial charge on any atom is -0.306 e. The second-order valence-electron chi connectivity index (χ2n) is 8.06. The van der Waals surface area contributed by atoms with Crippen LogP contribution in [0, 0.1) is 18.6 Å². The molecule has 0 aliphatic heterocycles. The number of carbonyl (C=O) groups is 1. The Morgan fingerprint density at radius 2 is 1.85 bits per heavy atom. The van der Waals surface area contributed by atoms with Crippen molar-refractivity contribution in [1.29, 1.82) is 0 Å². The molecule has 0 aliphatic carbocycles. The van der Waals surface area contributed by atoms with Gasteiger partial charge < -0.3 is 5.32 Å². The van der Waals surface area contributed by atoms with Crippen LogP contribution < -0.4 is 16.2 Å². The van der Waals surface area contributed by atoms with Crippen molar-refractivity contribution < 1.29 is 13.6 Å². The molecule has 0 radical (unpaired) electrons. The summed E-state index contributed by atoms with van der Waals surface area (Å²) in [6, 6.07) is 7.59. The van der Waals surface area contributed by atoms with Crippen molar-refractivity contribution in [3.63, 3.8) is 0 Å². The summed E-state index contributed by atoms with van der Waals surface area (Å²) in [5.41, 5.74) is 8.88. The molecule has 0 saturated heterocycles. The summed E-state index contributed by atoms with van der Waals surface area (Å²) in [5.74, 6) is -1.31. The summed E-state index contributed by atoms with van der Waals surface area (Å²) < 4.78 is 28.5. The fraction of sp³-hybridized carbons (Fsp3) is 0.217. The van der Waals surface area contributed by atoms with Gasteiger partial charge in [-0.3, -0.25) is 15.5 Å². The highest BCUT2D eigenvalue weighted by Gasteiger charge is 2.16. The number of halogens is 3. The second-order valence-corrected chi connectivity index (χ2v) is 8.44. The summed E-state index contributed by atoms with van der Waals surface area (Å²) >= 11 is 6.06. The van der Waals surface area contributed by atoms with E-state index >= 15 is 0 Å². The van der Waals surface area contributed by atoms with Gasteiger partial charge in [0.05, 0.1) is 11.4 Å². The Morgan fingerprint density at radius 3 is 2.56 bits per heavy atom. The SMILES string of the molecule is Cc1nn(C)c2nc(NNC(=O)Nc3cc(Cl)nc(-c4ccc(F)c(F)c4)c3)cc(C(C)C)c12. The largest absolute Gasteiger partial charge is 0.337 e. The standard InChI is InChI=1S/C23H22ClF2N7O/c1-11(2)15-10-20(29-22-21(15)12(3)32-33(22)4)30-31-23(34)27-14-8-18(28-19(24)9-14)13-5-6-16(25)17(26)7-13/h5-11H,1-4H3,(H,29,30)(H2,27,28,31,34). The van der Waals surface area contributed by atoms with Crippen LogP contribution in [0.4, 0.5) is 25.1 Å². The highest BCUT2D eigenvalue weighted by atomic mass is 35.5. The maximum atomic E-state index is 13.6. The minimum absolute atomic E-state index is 0.0748. The number of anilines is 2. The number of carbonyl (C=O) groups excluding carboxylic acids is 1. The fourth-order valence-electron chi connectivity index (χ4n) is 3.65. The zero-order valence-corrected chi connectivity index (χ0v) is 19.6. The monoisotopic (exact) mass is 485 g/mol. The molecule has 0 atom stereocenters. The fourth-order valence-corrected chi connectivity index (χ4v) is 3.86. The van der Waals surface area contributed by atoms with Crippen LogP contribution in [-0.2, 0) is 7.05 Å². The molecule has 1 aromatic carbocycles. The molecule has 3 heterocycles. The van der Waals surface area contributed by atoms with E-state index in [-0.39, 0.29) is 16.8 Å². The van der Waals surface area contributed by atoms with Gasteiger partial charge in [0.2, 0.25) is 0 Å². The first-order valence-electron chi connectivity index (χ1n) is 10.4. The third-order valence-corrected chi connectivity index (χ3v) is 5.39. The molecule has 3 N–H and O–H groups in total. The molecule has 4 aromatic rings. The Labute approximate surface area is 199 Å². The van der Waals surface area contributed by atoms with Crippen LogP contribution in [0.2, 0.25) is 5.15 Å². The van der Waals surface area contributed by atoms with Crippen molar-refractivity contribution >= 4 is 40.2 Å². The molecule has 0 fully saturated rings. The van der Waals surface area contributed by atoms with E-state index in [4.69, 9.17) is 11.6 Å². The van der Waals surface area contributed by atoms with E-state index in [2.05, 4.69) is 45.1 Å². The maximum Gasteiger partial charge on any atom is 0.337 e. The van der Waals surface area contributed by atoms with Crippen molar-refractivity contribution in [1.82, 2.24) is 25.2 Å². The van der Waals surface area contributed by atoms with Crippen molar-refractivity contribution in [2.24, 2.45) is 7.05 Å². The lowest BCUT2D eigenvalue weighted by molar-refractivity contribution is 0.254. The lowest BCUT2D eigenvalue weighted by Crippen LogP contribution is -2.34. The van der Waals surface area contributed by atoms with E-state index in [0.717, 1.165) is 28.8 Å². The molecule has 2 amide bonds. The molecule has 0 spiro atoms. The summed E-state index contributed by atoms with van der Waals surface area (Å²) in [5, 5.41) is 8.13. The molecule has 4 rings (SSSR count). The highest BCUT2D eigenvalue weighted by Crippen LogP contribution is 2.29. The normalized spacial score (nSPS) is 11.2. The van der Waals surface area contributed by atoms with Gasteiger partial charge in [-0.1, -0.05) is 25.4 Å². The first kappa shape index (κ1) is 23.4. The lowest BCUT2D eigenvalue weighted by atomic mass is 10.00. The zero-order chi connectivity index (χ0) is 24.6. The average molecular weight is 486 g/mol. The first-order valence-corrected chi connectivity index (χ1v) is 10.8. The van der Waals surface area contributed by atoms with Crippen LogP contribution in [0.25, 0.3) is 22.3 Å². The minimum atomic E-state index is -1.01. The maximum absolute atomic E-state index is 13.6. The van der Waals surface area contributed by atoms with Crippen molar-refractivity contribution in [3.05, 3.63) is 64.4 Å². The summed E-state index contributed by atoms with van der Waals surface area (Å²) in [4.78, 5) is 21.2. The van der Waals surface area contributed by atoms with E-state index in [1.54, 1.807) is 4.68 Å². The number of nitrogens with zero attached hydrogens (tertiary/aromatic N) is 4. The van der Waals surface area contributed by atoms with Gasteiger partial charge >= 0.3 is 6.03 Å². The number of rotatable bonds is 5. The van der Waals surface area contributed by atoms with Crippen LogP contribution in [0.15, 0.2) is 36.4 Å². The Bertz CT molecular complexity index is 1400. The predicted octanol–water partition coefficient (Wildman–Crippen LogP) is 5.54. The quantitative estimate of drug-likeness (QED) is 0.254. The smallest absolute Gasteiger partial charge is 0.306 e. The van der Waals surface area contributed by atoms with E-state index in [9.17, 15) is 13.6 Å². The Kier molecular flexibility index (Phi) is 6.34.